The van der Waals surface area contributed by atoms with Crippen LogP contribution < -0.4 is 9.64 Å². The van der Waals surface area contributed by atoms with E-state index >= 15 is 0 Å². The molecule has 0 aliphatic heterocycles. The monoisotopic (exact) mass is 337 g/mol. The first kappa shape index (κ1) is 14.9. The van der Waals surface area contributed by atoms with Crippen LogP contribution in [0.5, 0.6) is 5.75 Å². The minimum atomic E-state index is 0.794. The molecule has 5 heteroatoms. The smallest absolute Gasteiger partial charge is 0.120 e. The van der Waals surface area contributed by atoms with Gasteiger partial charge in [-0.1, -0.05) is 6.07 Å². The Balaban J connectivity index is 2.25. The Hall–Kier alpha value is -1.49. The van der Waals surface area contributed by atoms with E-state index in [1.807, 2.05) is 29.8 Å². The Morgan fingerprint density at radius 2 is 2.15 bits per heavy atom. The SMILES string of the molecule is CCn1nc(C)c(Br)c1CN(C)c1cccc(OC)c1. The van der Waals surface area contributed by atoms with E-state index in [9.17, 15) is 0 Å². The van der Waals surface area contributed by atoms with Crippen LogP contribution in [0.4, 0.5) is 5.69 Å². The number of hydrogen-bond donors (Lipinski definition) is 0. The third-order valence-corrected chi connectivity index (χ3v) is 4.37. The molecule has 0 saturated carbocycles. The number of hydrogen-bond acceptors (Lipinski definition) is 3. The Morgan fingerprint density at radius 3 is 2.80 bits per heavy atom. The lowest BCUT2D eigenvalue weighted by Crippen LogP contribution is -2.19. The van der Waals surface area contributed by atoms with Crippen molar-refractivity contribution in [1.82, 2.24) is 9.78 Å². The fraction of sp³-hybridized carbons (Fsp3) is 0.400. The predicted molar refractivity (Wildman–Crippen MR) is 85.4 cm³/mol. The number of aryl methyl sites for hydroxylation is 2. The summed E-state index contributed by atoms with van der Waals surface area (Å²) in [5.74, 6) is 0.869. The molecule has 0 atom stereocenters. The molecule has 0 bridgehead atoms. The number of aromatic nitrogens is 2. The second-order valence-corrected chi connectivity index (χ2v) is 5.51. The molecule has 20 heavy (non-hydrogen) atoms. The van der Waals surface area contributed by atoms with Crippen molar-refractivity contribution < 1.29 is 4.74 Å². The molecule has 108 valence electrons. The van der Waals surface area contributed by atoms with Gasteiger partial charge in [0.25, 0.3) is 0 Å². The summed E-state index contributed by atoms with van der Waals surface area (Å²) < 4.78 is 8.40. The summed E-state index contributed by atoms with van der Waals surface area (Å²) in [5.41, 5.74) is 3.34. The van der Waals surface area contributed by atoms with Gasteiger partial charge in [0.05, 0.1) is 29.5 Å². The van der Waals surface area contributed by atoms with Gasteiger partial charge in [0.15, 0.2) is 0 Å². The number of anilines is 1. The Bertz CT molecular complexity index is 595. The maximum absolute atomic E-state index is 5.27. The molecule has 0 fully saturated rings. The fourth-order valence-electron chi connectivity index (χ4n) is 2.18. The van der Waals surface area contributed by atoms with Crippen molar-refractivity contribution in [3.05, 3.63) is 40.1 Å². The molecule has 0 unspecified atom stereocenters. The van der Waals surface area contributed by atoms with Crippen LogP contribution in [0.2, 0.25) is 0 Å². The second-order valence-electron chi connectivity index (χ2n) is 4.72. The van der Waals surface area contributed by atoms with Crippen molar-refractivity contribution in [2.75, 3.05) is 19.1 Å². The van der Waals surface area contributed by atoms with Crippen molar-refractivity contribution in [2.24, 2.45) is 0 Å². The quantitative estimate of drug-likeness (QED) is 0.834. The van der Waals surface area contributed by atoms with Gasteiger partial charge in [0, 0.05) is 25.3 Å². The third-order valence-electron chi connectivity index (χ3n) is 3.33. The van der Waals surface area contributed by atoms with E-state index in [1.165, 1.54) is 5.69 Å². The van der Waals surface area contributed by atoms with E-state index in [0.29, 0.717) is 0 Å². The lowest BCUT2D eigenvalue weighted by atomic mass is 10.2. The maximum Gasteiger partial charge on any atom is 0.120 e. The summed E-state index contributed by atoms with van der Waals surface area (Å²) in [6.45, 7) is 5.79. The molecule has 2 aromatic rings. The van der Waals surface area contributed by atoms with Crippen LogP contribution in [-0.4, -0.2) is 23.9 Å². The molecular weight excluding hydrogens is 318 g/mol. The van der Waals surface area contributed by atoms with Crippen molar-refractivity contribution in [3.8, 4) is 5.75 Å². The highest BCUT2D eigenvalue weighted by Crippen LogP contribution is 2.26. The van der Waals surface area contributed by atoms with Crippen LogP contribution in [0.25, 0.3) is 0 Å². The lowest BCUT2D eigenvalue weighted by molar-refractivity contribution is 0.415. The highest BCUT2D eigenvalue weighted by Gasteiger charge is 2.14. The second kappa shape index (κ2) is 6.31. The summed E-state index contributed by atoms with van der Waals surface area (Å²) in [7, 11) is 3.76. The minimum absolute atomic E-state index is 0.794. The summed E-state index contributed by atoms with van der Waals surface area (Å²) in [5, 5.41) is 4.53. The summed E-state index contributed by atoms with van der Waals surface area (Å²) in [6.07, 6.45) is 0. The van der Waals surface area contributed by atoms with Gasteiger partial charge in [-0.2, -0.15) is 5.10 Å². The molecule has 0 radical (unpaired) electrons. The number of methoxy groups -OCH3 is 1. The van der Waals surface area contributed by atoms with Gasteiger partial charge in [0.2, 0.25) is 0 Å². The van der Waals surface area contributed by atoms with Gasteiger partial charge < -0.3 is 9.64 Å². The highest BCUT2D eigenvalue weighted by atomic mass is 79.9. The zero-order valence-corrected chi connectivity index (χ0v) is 13.9. The van der Waals surface area contributed by atoms with Crippen LogP contribution in [0, 0.1) is 6.92 Å². The van der Waals surface area contributed by atoms with Crippen molar-refractivity contribution in [3.63, 3.8) is 0 Å². The maximum atomic E-state index is 5.27. The molecule has 0 aliphatic rings. The predicted octanol–water partition coefficient (Wildman–Crippen LogP) is 3.62. The molecule has 2 rings (SSSR count). The van der Waals surface area contributed by atoms with E-state index in [-0.39, 0.29) is 0 Å². The van der Waals surface area contributed by atoms with E-state index < -0.39 is 0 Å². The van der Waals surface area contributed by atoms with Gasteiger partial charge in [0.1, 0.15) is 5.75 Å². The molecule has 0 N–H and O–H groups in total. The van der Waals surface area contributed by atoms with Crippen molar-refractivity contribution in [2.45, 2.75) is 26.9 Å². The van der Waals surface area contributed by atoms with Gasteiger partial charge in [-0.25, -0.2) is 0 Å². The zero-order valence-electron chi connectivity index (χ0n) is 12.4. The summed E-state index contributed by atoms with van der Waals surface area (Å²) >= 11 is 3.64. The van der Waals surface area contributed by atoms with Crippen LogP contribution in [0.15, 0.2) is 28.7 Å². The summed E-state index contributed by atoms with van der Waals surface area (Å²) in [4.78, 5) is 2.19. The Kier molecular flexibility index (Phi) is 4.70. The van der Waals surface area contributed by atoms with Crippen molar-refractivity contribution in [1.29, 1.82) is 0 Å². The fourth-order valence-corrected chi connectivity index (χ4v) is 2.59. The third kappa shape index (κ3) is 2.98. The van der Waals surface area contributed by atoms with Crippen molar-refractivity contribution >= 4 is 21.6 Å². The Labute approximate surface area is 128 Å². The lowest BCUT2D eigenvalue weighted by Gasteiger charge is -2.20. The molecule has 0 amide bonds. The first-order chi connectivity index (χ1) is 9.56. The number of halogens is 1. The zero-order chi connectivity index (χ0) is 14.7. The standard InChI is InChI=1S/C15H20BrN3O/c1-5-19-14(15(16)11(2)17-19)10-18(3)12-7-6-8-13(9-12)20-4/h6-9H,5,10H2,1-4H3. The van der Waals surface area contributed by atoms with Gasteiger partial charge in [-0.05, 0) is 41.9 Å². The molecule has 0 saturated heterocycles. The van der Waals surface area contributed by atoms with Crippen LogP contribution in [0.1, 0.15) is 18.3 Å². The van der Waals surface area contributed by atoms with E-state index in [4.69, 9.17) is 4.74 Å². The first-order valence-electron chi connectivity index (χ1n) is 6.63. The molecule has 1 aromatic heterocycles. The van der Waals surface area contributed by atoms with Gasteiger partial charge >= 0.3 is 0 Å². The summed E-state index contributed by atoms with van der Waals surface area (Å²) in [6, 6.07) is 8.07. The van der Waals surface area contributed by atoms with E-state index in [2.05, 4.69) is 46.0 Å². The van der Waals surface area contributed by atoms with E-state index in [0.717, 1.165) is 34.7 Å². The van der Waals surface area contributed by atoms with Crippen LogP contribution >= 0.6 is 15.9 Å². The average molecular weight is 338 g/mol. The Morgan fingerprint density at radius 1 is 1.40 bits per heavy atom. The molecule has 4 nitrogen and oxygen atoms in total. The largest absolute Gasteiger partial charge is 0.497 e. The normalized spacial score (nSPS) is 10.7. The first-order valence-corrected chi connectivity index (χ1v) is 7.43. The number of benzene rings is 1. The van der Waals surface area contributed by atoms with Crippen LogP contribution in [0.3, 0.4) is 0 Å². The number of rotatable bonds is 5. The minimum Gasteiger partial charge on any atom is -0.497 e. The van der Waals surface area contributed by atoms with Gasteiger partial charge in [-0.3, -0.25) is 4.68 Å². The number of ether oxygens (including phenoxy) is 1. The molecular formula is C15H20BrN3O. The molecule has 1 heterocycles. The van der Waals surface area contributed by atoms with Crippen LogP contribution in [-0.2, 0) is 13.1 Å². The van der Waals surface area contributed by atoms with Gasteiger partial charge in [-0.15, -0.1) is 0 Å². The van der Waals surface area contributed by atoms with E-state index in [1.54, 1.807) is 7.11 Å². The topological polar surface area (TPSA) is 30.3 Å². The highest BCUT2D eigenvalue weighted by molar-refractivity contribution is 9.10. The molecule has 0 spiro atoms. The molecule has 0 aliphatic carbocycles. The molecule has 1 aromatic carbocycles. The average Bonchev–Trinajstić information content (AvgIpc) is 2.75. The number of nitrogens with zero attached hydrogens (tertiary/aromatic N) is 3.